The molecular formula is C25H22ClFIN3OS. The molecule has 1 aliphatic heterocycles. The molecule has 0 amide bonds. The molecule has 1 saturated heterocycles. The minimum Gasteiger partial charge on any atom is -0.392 e. The number of likely N-dealkylation sites (tertiary alicyclic amines) is 1. The summed E-state index contributed by atoms with van der Waals surface area (Å²) < 4.78 is 15.8. The highest BCUT2D eigenvalue weighted by Gasteiger charge is 2.20. The molecule has 2 aromatic heterocycles. The van der Waals surface area contributed by atoms with Crippen molar-refractivity contribution < 1.29 is 9.50 Å². The molecule has 0 aliphatic carbocycles. The van der Waals surface area contributed by atoms with Crippen LogP contribution in [0.15, 0.2) is 60.8 Å². The first-order chi connectivity index (χ1) is 16.0. The highest BCUT2D eigenvalue weighted by molar-refractivity contribution is 14.2. The second-order valence-corrected chi connectivity index (χ2v) is 10.4. The standard InChI is InChI=1S/C25H22ClFIN3OS/c26-24-23(18-3-1-4-20(27)11-18)22-12-19(13-29-25(22)31(24)33-28)17-8-6-16(7-9-17)14-30-10-2-5-21(32)15-30/h1,3-4,6-9,11-13,21,32H,2,5,10,14-15H2. The van der Waals surface area contributed by atoms with Gasteiger partial charge in [0.05, 0.1) is 6.10 Å². The molecule has 1 fully saturated rings. The average Bonchev–Trinajstić information content (AvgIpc) is 3.10. The number of rotatable bonds is 5. The van der Waals surface area contributed by atoms with Crippen LogP contribution in [0.3, 0.4) is 0 Å². The maximum atomic E-state index is 14.0. The Balaban J connectivity index is 1.49. The fourth-order valence-corrected chi connectivity index (χ4v) is 6.74. The van der Waals surface area contributed by atoms with Crippen LogP contribution in [0.5, 0.6) is 0 Å². The number of aromatic nitrogens is 2. The molecular weight excluding hydrogens is 572 g/mol. The number of aliphatic hydroxyl groups is 1. The molecule has 33 heavy (non-hydrogen) atoms. The van der Waals surface area contributed by atoms with Gasteiger partial charge in [0.25, 0.3) is 0 Å². The van der Waals surface area contributed by atoms with Gasteiger partial charge in [0.1, 0.15) is 11.0 Å². The summed E-state index contributed by atoms with van der Waals surface area (Å²) in [5.41, 5.74) is 5.52. The van der Waals surface area contributed by atoms with Crippen LogP contribution in [0.4, 0.5) is 4.39 Å². The summed E-state index contributed by atoms with van der Waals surface area (Å²) in [6.07, 6.45) is 3.57. The Bertz CT molecular complexity index is 1300. The summed E-state index contributed by atoms with van der Waals surface area (Å²) in [6, 6.07) is 17.0. The molecule has 5 rings (SSSR count). The van der Waals surface area contributed by atoms with Crippen LogP contribution >= 0.6 is 41.9 Å². The van der Waals surface area contributed by atoms with E-state index in [1.54, 1.807) is 6.07 Å². The third kappa shape index (κ3) is 4.79. The lowest BCUT2D eigenvalue weighted by Gasteiger charge is -2.29. The van der Waals surface area contributed by atoms with Crippen LogP contribution in [0, 0.1) is 5.82 Å². The normalized spacial score (nSPS) is 17.0. The van der Waals surface area contributed by atoms with Gasteiger partial charge in [-0.2, -0.15) is 0 Å². The molecule has 2 aromatic carbocycles. The maximum Gasteiger partial charge on any atom is 0.152 e. The number of fused-ring (bicyclic) bond motifs is 1. The molecule has 0 bridgehead atoms. The zero-order valence-electron chi connectivity index (χ0n) is 17.7. The van der Waals surface area contributed by atoms with Crippen molar-refractivity contribution in [3.63, 3.8) is 0 Å². The first-order valence-electron chi connectivity index (χ1n) is 10.8. The number of halogens is 3. The summed E-state index contributed by atoms with van der Waals surface area (Å²) in [6.45, 7) is 2.59. The van der Waals surface area contributed by atoms with Crippen LogP contribution in [0.2, 0.25) is 5.15 Å². The van der Waals surface area contributed by atoms with Gasteiger partial charge in [0, 0.05) is 66.1 Å². The molecule has 4 nitrogen and oxygen atoms in total. The van der Waals surface area contributed by atoms with Gasteiger partial charge in [-0.3, -0.25) is 4.90 Å². The summed E-state index contributed by atoms with van der Waals surface area (Å²) >= 11 is 8.89. The van der Waals surface area contributed by atoms with E-state index in [9.17, 15) is 9.50 Å². The Labute approximate surface area is 213 Å². The van der Waals surface area contributed by atoms with Gasteiger partial charge in [0.2, 0.25) is 0 Å². The summed E-state index contributed by atoms with van der Waals surface area (Å²) in [7, 11) is 1.44. The minimum atomic E-state index is -0.299. The van der Waals surface area contributed by atoms with Crippen LogP contribution in [0.1, 0.15) is 18.4 Å². The van der Waals surface area contributed by atoms with E-state index in [1.807, 2.05) is 16.2 Å². The maximum absolute atomic E-state index is 14.0. The lowest BCUT2D eigenvalue weighted by atomic mass is 10.0. The molecule has 1 atom stereocenters. The van der Waals surface area contributed by atoms with Crippen molar-refractivity contribution in [2.45, 2.75) is 25.5 Å². The molecule has 0 radical (unpaired) electrons. The number of benzene rings is 2. The smallest absolute Gasteiger partial charge is 0.152 e. The zero-order chi connectivity index (χ0) is 22.9. The molecule has 1 N–H and O–H groups in total. The molecule has 1 aliphatic rings. The van der Waals surface area contributed by atoms with Gasteiger partial charge in [-0.25, -0.2) is 13.3 Å². The van der Waals surface area contributed by atoms with Crippen molar-refractivity contribution in [1.82, 2.24) is 13.9 Å². The SMILES string of the molecule is OC1CCCN(Cc2ccc(-c3cnc4c(c3)c(-c3cccc(F)c3)c(Cl)n4SI)cc2)C1. The molecule has 0 spiro atoms. The number of β-amino-alcohol motifs (C(OH)–C–C–N with tert-alkyl or cyclic N) is 1. The topological polar surface area (TPSA) is 41.3 Å². The highest BCUT2D eigenvalue weighted by Crippen LogP contribution is 2.42. The van der Waals surface area contributed by atoms with Gasteiger partial charge in [-0.05, 0) is 54.3 Å². The monoisotopic (exact) mass is 593 g/mol. The van der Waals surface area contributed by atoms with Gasteiger partial charge < -0.3 is 5.11 Å². The van der Waals surface area contributed by atoms with E-state index in [1.165, 1.54) is 26.8 Å². The van der Waals surface area contributed by atoms with E-state index in [2.05, 4.69) is 56.4 Å². The van der Waals surface area contributed by atoms with Crippen molar-refractivity contribution in [1.29, 1.82) is 0 Å². The van der Waals surface area contributed by atoms with Crippen LogP contribution in [-0.4, -0.2) is 38.2 Å². The van der Waals surface area contributed by atoms with E-state index in [0.717, 1.165) is 65.8 Å². The Kier molecular flexibility index (Phi) is 6.94. The summed E-state index contributed by atoms with van der Waals surface area (Å²) in [5, 5.41) is 11.3. The van der Waals surface area contributed by atoms with Crippen molar-refractivity contribution in [3.8, 4) is 22.3 Å². The Morgan fingerprint density at radius 3 is 2.67 bits per heavy atom. The second kappa shape index (κ2) is 9.92. The number of aliphatic hydroxyl groups excluding tert-OH is 1. The van der Waals surface area contributed by atoms with Gasteiger partial charge in [-0.1, -0.05) is 48.0 Å². The number of pyridine rings is 1. The third-order valence-electron chi connectivity index (χ3n) is 6.07. The van der Waals surface area contributed by atoms with Gasteiger partial charge in [-0.15, -0.1) is 0 Å². The van der Waals surface area contributed by atoms with E-state index in [0.29, 0.717) is 5.15 Å². The Morgan fingerprint density at radius 1 is 1.12 bits per heavy atom. The van der Waals surface area contributed by atoms with E-state index < -0.39 is 0 Å². The third-order valence-corrected chi connectivity index (χ3v) is 8.20. The van der Waals surface area contributed by atoms with Gasteiger partial charge in [0.15, 0.2) is 5.65 Å². The van der Waals surface area contributed by atoms with Crippen molar-refractivity contribution >= 4 is 53.0 Å². The summed E-state index contributed by atoms with van der Waals surface area (Å²) in [4.78, 5) is 7.01. The average molecular weight is 594 g/mol. The number of hydrogen-bond donors (Lipinski definition) is 1. The van der Waals surface area contributed by atoms with Crippen LogP contribution in [-0.2, 0) is 6.54 Å². The lowest BCUT2D eigenvalue weighted by molar-refractivity contribution is 0.0668. The zero-order valence-corrected chi connectivity index (χ0v) is 21.4. The molecule has 4 aromatic rings. The Morgan fingerprint density at radius 2 is 1.94 bits per heavy atom. The largest absolute Gasteiger partial charge is 0.392 e. The predicted molar refractivity (Wildman–Crippen MR) is 143 cm³/mol. The van der Waals surface area contributed by atoms with Crippen molar-refractivity contribution in [2.75, 3.05) is 13.1 Å². The number of hydrogen-bond acceptors (Lipinski definition) is 4. The number of nitrogens with zero attached hydrogens (tertiary/aromatic N) is 3. The van der Waals surface area contributed by atoms with Crippen molar-refractivity contribution in [3.05, 3.63) is 77.3 Å². The predicted octanol–water partition coefficient (Wildman–Crippen LogP) is 6.97. The minimum absolute atomic E-state index is 0.219. The Hall–Kier alpha value is -1.65. The van der Waals surface area contributed by atoms with E-state index >= 15 is 0 Å². The second-order valence-electron chi connectivity index (χ2n) is 8.36. The quantitative estimate of drug-likeness (QED) is 0.254. The van der Waals surface area contributed by atoms with Crippen molar-refractivity contribution in [2.24, 2.45) is 0 Å². The molecule has 8 heteroatoms. The molecule has 1 unspecified atom stereocenters. The highest BCUT2D eigenvalue weighted by atomic mass is 127. The fraction of sp³-hybridized carbons (Fsp3) is 0.240. The van der Waals surface area contributed by atoms with Crippen LogP contribution < -0.4 is 0 Å². The summed E-state index contributed by atoms with van der Waals surface area (Å²) in [5.74, 6) is -0.299. The molecule has 170 valence electrons. The van der Waals surface area contributed by atoms with E-state index in [4.69, 9.17) is 16.6 Å². The first kappa shape index (κ1) is 23.1. The fourth-order valence-electron chi connectivity index (χ4n) is 4.48. The lowest BCUT2D eigenvalue weighted by Crippen LogP contribution is -2.37. The molecule has 3 heterocycles. The number of piperidine rings is 1. The first-order valence-corrected chi connectivity index (χ1v) is 14.5. The molecule has 0 saturated carbocycles. The van der Waals surface area contributed by atoms with E-state index in [-0.39, 0.29) is 11.9 Å². The van der Waals surface area contributed by atoms with Gasteiger partial charge >= 0.3 is 0 Å². The van der Waals surface area contributed by atoms with Crippen LogP contribution in [0.25, 0.3) is 33.3 Å².